The highest BCUT2D eigenvalue weighted by Gasteiger charge is 2.36. The number of nitrogens with zero attached hydrogens (tertiary/aromatic N) is 3. The summed E-state index contributed by atoms with van der Waals surface area (Å²) >= 11 is 0. The van der Waals surface area contributed by atoms with Crippen molar-refractivity contribution in [3.8, 4) is 5.88 Å². The van der Waals surface area contributed by atoms with Gasteiger partial charge in [0, 0.05) is 43.7 Å². The number of ether oxygens (including phenoxy) is 1. The van der Waals surface area contributed by atoms with E-state index in [4.69, 9.17) is 4.74 Å². The van der Waals surface area contributed by atoms with Crippen LogP contribution < -0.4 is 4.74 Å². The number of carbonyl (C=O) groups is 1. The number of rotatable bonds is 7. The highest BCUT2D eigenvalue weighted by Crippen LogP contribution is 2.29. The summed E-state index contributed by atoms with van der Waals surface area (Å²) < 4.78 is 5.65. The summed E-state index contributed by atoms with van der Waals surface area (Å²) in [6, 6.07) is 14.2. The zero-order valence-electron chi connectivity index (χ0n) is 19.1. The summed E-state index contributed by atoms with van der Waals surface area (Å²) in [5.74, 6) is 1.07. The number of piperidine rings is 2. The van der Waals surface area contributed by atoms with E-state index in [1.807, 2.05) is 36.1 Å². The lowest BCUT2D eigenvalue weighted by Crippen LogP contribution is -2.50. The predicted molar refractivity (Wildman–Crippen MR) is 124 cm³/mol. The number of likely N-dealkylation sites (tertiary alicyclic amines) is 2. The Balaban J connectivity index is 1.25. The number of benzene rings is 1. The Kier molecular flexibility index (Phi) is 7.43. The molecule has 4 rings (SSSR count). The average molecular weight is 438 g/mol. The van der Waals surface area contributed by atoms with Gasteiger partial charge in [0.15, 0.2) is 0 Å². The molecule has 2 aliphatic heterocycles. The van der Waals surface area contributed by atoms with Gasteiger partial charge in [-0.3, -0.25) is 9.69 Å². The molecule has 0 spiro atoms. The fourth-order valence-electron chi connectivity index (χ4n) is 4.94. The standard InChI is InChI=1S/C26H35N3O3/c1-2-32-24-23(9-6-14-27-24)20-28-15-10-22(11-16-28)25(30)29-17-12-26(31,13-18-29)19-21-7-4-3-5-8-21/h3-9,14,22,31H,2,10-13,15-20H2,1H3. The molecule has 0 radical (unpaired) electrons. The van der Waals surface area contributed by atoms with Gasteiger partial charge in [-0.2, -0.15) is 0 Å². The number of hydrogen-bond acceptors (Lipinski definition) is 5. The van der Waals surface area contributed by atoms with Crippen LogP contribution in [0.2, 0.25) is 0 Å². The maximum Gasteiger partial charge on any atom is 0.225 e. The molecule has 0 unspecified atom stereocenters. The van der Waals surface area contributed by atoms with Gasteiger partial charge in [-0.15, -0.1) is 0 Å². The van der Waals surface area contributed by atoms with Crippen LogP contribution in [0.15, 0.2) is 48.7 Å². The van der Waals surface area contributed by atoms with E-state index in [-0.39, 0.29) is 11.8 Å². The second-order valence-electron chi connectivity index (χ2n) is 9.16. The molecule has 6 nitrogen and oxygen atoms in total. The third-order valence-electron chi connectivity index (χ3n) is 6.84. The normalized spacial score (nSPS) is 19.6. The van der Waals surface area contributed by atoms with Crippen molar-refractivity contribution < 1.29 is 14.6 Å². The lowest BCUT2D eigenvalue weighted by molar-refractivity contribution is -0.141. The molecule has 3 heterocycles. The first-order valence-electron chi connectivity index (χ1n) is 11.9. The molecule has 1 aromatic heterocycles. The van der Waals surface area contributed by atoms with Gasteiger partial charge in [-0.05, 0) is 57.3 Å². The first-order valence-corrected chi connectivity index (χ1v) is 11.9. The van der Waals surface area contributed by atoms with E-state index >= 15 is 0 Å². The van der Waals surface area contributed by atoms with Crippen molar-refractivity contribution in [2.45, 2.75) is 51.2 Å². The summed E-state index contributed by atoms with van der Waals surface area (Å²) in [4.78, 5) is 21.8. The van der Waals surface area contributed by atoms with Gasteiger partial charge in [-0.25, -0.2) is 4.98 Å². The molecule has 32 heavy (non-hydrogen) atoms. The topological polar surface area (TPSA) is 65.9 Å². The van der Waals surface area contributed by atoms with Crippen molar-refractivity contribution in [3.63, 3.8) is 0 Å². The van der Waals surface area contributed by atoms with Crippen molar-refractivity contribution in [2.24, 2.45) is 5.92 Å². The number of aliphatic hydroxyl groups is 1. The van der Waals surface area contributed by atoms with Gasteiger partial charge >= 0.3 is 0 Å². The van der Waals surface area contributed by atoms with E-state index in [0.29, 0.717) is 44.8 Å². The summed E-state index contributed by atoms with van der Waals surface area (Å²) in [5, 5.41) is 11.0. The average Bonchev–Trinajstić information content (AvgIpc) is 2.82. The summed E-state index contributed by atoms with van der Waals surface area (Å²) in [6.07, 6.45) is 5.48. The fourth-order valence-corrected chi connectivity index (χ4v) is 4.94. The minimum Gasteiger partial charge on any atom is -0.478 e. The molecule has 2 aliphatic rings. The molecular weight excluding hydrogens is 402 g/mol. The van der Waals surface area contributed by atoms with Crippen LogP contribution >= 0.6 is 0 Å². The van der Waals surface area contributed by atoms with Crippen LogP contribution in [0.25, 0.3) is 0 Å². The molecule has 2 saturated heterocycles. The number of amides is 1. The number of carbonyl (C=O) groups excluding carboxylic acids is 1. The van der Waals surface area contributed by atoms with Gasteiger partial charge in [-0.1, -0.05) is 36.4 Å². The van der Waals surface area contributed by atoms with Gasteiger partial charge in [0.05, 0.1) is 12.2 Å². The minimum absolute atomic E-state index is 0.0897. The first-order chi connectivity index (χ1) is 15.6. The molecule has 0 aliphatic carbocycles. The van der Waals surface area contributed by atoms with Crippen molar-refractivity contribution in [2.75, 3.05) is 32.8 Å². The van der Waals surface area contributed by atoms with E-state index in [1.54, 1.807) is 6.20 Å². The van der Waals surface area contributed by atoms with Crippen LogP contribution in [-0.2, 0) is 17.8 Å². The van der Waals surface area contributed by atoms with E-state index in [2.05, 4.69) is 28.1 Å². The van der Waals surface area contributed by atoms with E-state index in [9.17, 15) is 9.90 Å². The van der Waals surface area contributed by atoms with Crippen LogP contribution in [-0.4, -0.2) is 64.2 Å². The molecule has 0 atom stereocenters. The Morgan fingerprint density at radius 3 is 2.50 bits per heavy atom. The summed E-state index contributed by atoms with van der Waals surface area (Å²) in [7, 11) is 0. The molecule has 1 N–H and O–H groups in total. The maximum absolute atomic E-state index is 13.1. The van der Waals surface area contributed by atoms with Gasteiger partial charge < -0.3 is 14.7 Å². The zero-order valence-corrected chi connectivity index (χ0v) is 19.1. The lowest BCUT2D eigenvalue weighted by atomic mass is 9.84. The van der Waals surface area contributed by atoms with Gasteiger partial charge in [0.2, 0.25) is 11.8 Å². The molecule has 1 aromatic carbocycles. The van der Waals surface area contributed by atoms with Gasteiger partial charge in [0.1, 0.15) is 0 Å². The third-order valence-corrected chi connectivity index (χ3v) is 6.84. The Morgan fingerprint density at radius 2 is 1.81 bits per heavy atom. The molecule has 0 saturated carbocycles. The number of pyridine rings is 1. The molecular formula is C26H35N3O3. The lowest BCUT2D eigenvalue weighted by Gasteiger charge is -2.41. The quantitative estimate of drug-likeness (QED) is 0.720. The zero-order chi connectivity index (χ0) is 22.4. The van der Waals surface area contributed by atoms with Crippen LogP contribution in [0.1, 0.15) is 43.7 Å². The van der Waals surface area contributed by atoms with E-state index in [1.165, 1.54) is 0 Å². The Hall–Kier alpha value is -2.44. The van der Waals surface area contributed by atoms with Crippen molar-refractivity contribution in [1.29, 1.82) is 0 Å². The molecule has 2 fully saturated rings. The predicted octanol–water partition coefficient (Wildman–Crippen LogP) is 3.29. The van der Waals surface area contributed by atoms with Crippen LogP contribution in [0.4, 0.5) is 0 Å². The highest BCUT2D eigenvalue weighted by atomic mass is 16.5. The van der Waals surface area contributed by atoms with Crippen molar-refractivity contribution >= 4 is 5.91 Å². The summed E-state index contributed by atoms with van der Waals surface area (Å²) in [6.45, 7) is 6.49. The second-order valence-corrected chi connectivity index (χ2v) is 9.16. The van der Waals surface area contributed by atoms with Crippen LogP contribution in [0.5, 0.6) is 5.88 Å². The molecule has 0 bridgehead atoms. The molecule has 172 valence electrons. The smallest absolute Gasteiger partial charge is 0.225 e. The Labute approximate surface area is 191 Å². The first kappa shape index (κ1) is 22.7. The Bertz CT molecular complexity index is 873. The van der Waals surface area contributed by atoms with Crippen molar-refractivity contribution in [1.82, 2.24) is 14.8 Å². The monoisotopic (exact) mass is 437 g/mol. The maximum atomic E-state index is 13.1. The number of aromatic nitrogens is 1. The molecule has 6 heteroatoms. The largest absolute Gasteiger partial charge is 0.478 e. The van der Waals surface area contributed by atoms with Crippen LogP contribution in [0, 0.1) is 5.92 Å². The summed E-state index contributed by atoms with van der Waals surface area (Å²) in [5.41, 5.74) is 1.56. The van der Waals surface area contributed by atoms with Gasteiger partial charge in [0.25, 0.3) is 0 Å². The van der Waals surface area contributed by atoms with E-state index in [0.717, 1.165) is 43.6 Å². The second kappa shape index (κ2) is 10.5. The van der Waals surface area contributed by atoms with Crippen molar-refractivity contribution in [3.05, 3.63) is 59.8 Å². The van der Waals surface area contributed by atoms with E-state index < -0.39 is 5.60 Å². The third kappa shape index (κ3) is 5.67. The fraction of sp³-hybridized carbons (Fsp3) is 0.538. The minimum atomic E-state index is -0.705. The molecule has 1 amide bonds. The number of hydrogen-bond donors (Lipinski definition) is 1. The molecule has 2 aromatic rings. The Morgan fingerprint density at radius 1 is 1.09 bits per heavy atom. The highest BCUT2D eigenvalue weighted by molar-refractivity contribution is 5.79. The SMILES string of the molecule is CCOc1ncccc1CN1CCC(C(=O)N2CCC(O)(Cc3ccccc3)CC2)CC1. The van der Waals surface area contributed by atoms with Crippen LogP contribution in [0.3, 0.4) is 0 Å².